The fourth-order valence-corrected chi connectivity index (χ4v) is 1.82. The number of nitrogens with zero attached hydrogens (tertiary/aromatic N) is 2. The van der Waals surface area contributed by atoms with Crippen LogP contribution in [0.5, 0.6) is 0 Å². The predicted octanol–water partition coefficient (Wildman–Crippen LogP) is 2.76. The number of aromatic nitrogens is 2. The molecule has 0 saturated carbocycles. The van der Waals surface area contributed by atoms with Gasteiger partial charge in [0, 0.05) is 0 Å². The molecule has 0 amide bonds. The molecule has 0 aliphatic rings. The Kier molecular flexibility index (Phi) is 1.86. The van der Waals surface area contributed by atoms with Gasteiger partial charge in [-0.05, 0) is 24.6 Å². The summed E-state index contributed by atoms with van der Waals surface area (Å²) < 4.78 is 5.57. The van der Waals surface area contributed by atoms with Crippen LogP contribution in [0.25, 0.3) is 10.6 Å². The molecule has 3 nitrogen and oxygen atoms in total. The topological polar surface area (TPSA) is 38.9 Å². The minimum Gasteiger partial charge on any atom is -0.469 e. The van der Waals surface area contributed by atoms with Crippen molar-refractivity contribution in [3.05, 3.63) is 22.6 Å². The van der Waals surface area contributed by atoms with Crippen molar-refractivity contribution in [2.24, 2.45) is 0 Å². The van der Waals surface area contributed by atoms with E-state index >= 15 is 0 Å². The first-order chi connectivity index (χ1) is 5.77. The Hall–Kier alpha value is -0.870. The molecule has 2 aromatic rings. The van der Waals surface area contributed by atoms with Crippen molar-refractivity contribution in [3.63, 3.8) is 0 Å². The first-order valence-electron chi connectivity index (χ1n) is 3.31. The molecule has 0 aliphatic heterocycles. The number of hydrogen-bond donors (Lipinski definition) is 0. The van der Waals surface area contributed by atoms with Crippen molar-refractivity contribution in [3.8, 4) is 10.6 Å². The van der Waals surface area contributed by atoms with E-state index in [9.17, 15) is 0 Å². The monoisotopic (exact) mass is 200 g/mol. The third kappa shape index (κ3) is 1.23. The Morgan fingerprint density at radius 2 is 2.33 bits per heavy atom. The lowest BCUT2D eigenvalue weighted by atomic mass is 10.3. The van der Waals surface area contributed by atoms with Gasteiger partial charge in [0.15, 0.2) is 5.01 Å². The van der Waals surface area contributed by atoms with Crippen LogP contribution in [0.15, 0.2) is 16.7 Å². The maximum atomic E-state index is 5.64. The first kappa shape index (κ1) is 7.76. The molecule has 0 N–H and O–H groups in total. The lowest BCUT2D eigenvalue weighted by Crippen LogP contribution is -1.74. The standard InChI is InChI=1S/C7H5ClN2OS/c1-4-5(2-3-11-4)6-9-10-7(8)12-6/h2-3H,1H3. The van der Waals surface area contributed by atoms with Gasteiger partial charge in [-0.1, -0.05) is 11.3 Å². The van der Waals surface area contributed by atoms with Crippen LogP contribution < -0.4 is 0 Å². The average Bonchev–Trinajstić information content (AvgIpc) is 2.58. The lowest BCUT2D eigenvalue weighted by molar-refractivity contribution is 0.535. The maximum absolute atomic E-state index is 5.64. The molecule has 5 heteroatoms. The number of aryl methyl sites for hydroxylation is 1. The highest BCUT2D eigenvalue weighted by Gasteiger charge is 2.09. The lowest BCUT2D eigenvalue weighted by Gasteiger charge is -1.87. The zero-order chi connectivity index (χ0) is 8.55. The van der Waals surface area contributed by atoms with Gasteiger partial charge in [-0.25, -0.2) is 0 Å². The Morgan fingerprint density at radius 1 is 1.50 bits per heavy atom. The van der Waals surface area contributed by atoms with Crippen LogP contribution in [-0.2, 0) is 0 Å². The molecule has 12 heavy (non-hydrogen) atoms. The average molecular weight is 201 g/mol. The molecule has 0 atom stereocenters. The fourth-order valence-electron chi connectivity index (χ4n) is 0.921. The number of furan rings is 1. The molecule has 0 aromatic carbocycles. The van der Waals surface area contributed by atoms with E-state index in [2.05, 4.69) is 10.2 Å². The quantitative estimate of drug-likeness (QED) is 0.711. The zero-order valence-corrected chi connectivity index (χ0v) is 7.82. The first-order valence-corrected chi connectivity index (χ1v) is 4.50. The van der Waals surface area contributed by atoms with Crippen LogP contribution in [0.1, 0.15) is 5.76 Å². The molecular formula is C7H5ClN2OS. The van der Waals surface area contributed by atoms with Gasteiger partial charge in [-0.15, -0.1) is 10.2 Å². The molecule has 2 rings (SSSR count). The number of rotatable bonds is 1. The molecule has 0 aliphatic carbocycles. The van der Waals surface area contributed by atoms with Crippen LogP contribution >= 0.6 is 22.9 Å². The second-order valence-corrected chi connectivity index (χ2v) is 3.81. The summed E-state index contributed by atoms with van der Waals surface area (Å²) >= 11 is 6.99. The van der Waals surface area contributed by atoms with Crippen molar-refractivity contribution < 1.29 is 4.42 Å². The van der Waals surface area contributed by atoms with Crippen molar-refractivity contribution in [1.82, 2.24) is 10.2 Å². The van der Waals surface area contributed by atoms with E-state index in [1.165, 1.54) is 11.3 Å². The molecule has 2 aromatic heterocycles. The Bertz CT molecular complexity index is 396. The summed E-state index contributed by atoms with van der Waals surface area (Å²) in [7, 11) is 0. The fraction of sp³-hybridized carbons (Fsp3) is 0.143. The molecule has 2 heterocycles. The third-order valence-electron chi connectivity index (χ3n) is 1.49. The van der Waals surface area contributed by atoms with Crippen molar-refractivity contribution in [2.45, 2.75) is 6.92 Å². The van der Waals surface area contributed by atoms with Gasteiger partial charge in [-0.3, -0.25) is 0 Å². The summed E-state index contributed by atoms with van der Waals surface area (Å²) in [5, 5.41) is 8.40. The minimum atomic E-state index is 0.450. The Morgan fingerprint density at radius 3 is 2.83 bits per heavy atom. The molecule has 0 unspecified atom stereocenters. The molecule has 0 fully saturated rings. The third-order valence-corrected chi connectivity index (χ3v) is 2.54. The molecule has 0 bridgehead atoms. The van der Waals surface area contributed by atoms with Crippen LogP contribution in [0, 0.1) is 6.92 Å². The largest absolute Gasteiger partial charge is 0.469 e. The van der Waals surface area contributed by atoms with E-state index < -0.39 is 0 Å². The van der Waals surface area contributed by atoms with Gasteiger partial charge >= 0.3 is 0 Å². The number of hydrogen-bond acceptors (Lipinski definition) is 4. The van der Waals surface area contributed by atoms with Gasteiger partial charge < -0.3 is 4.42 Å². The highest BCUT2D eigenvalue weighted by molar-refractivity contribution is 7.18. The van der Waals surface area contributed by atoms with Gasteiger partial charge in [0.05, 0.1) is 11.8 Å². The van der Waals surface area contributed by atoms with Gasteiger partial charge in [0.25, 0.3) is 0 Å². The van der Waals surface area contributed by atoms with Gasteiger partial charge in [0.1, 0.15) is 5.76 Å². The minimum absolute atomic E-state index is 0.450. The highest BCUT2D eigenvalue weighted by Crippen LogP contribution is 2.28. The van der Waals surface area contributed by atoms with E-state index in [-0.39, 0.29) is 0 Å². The Labute approximate surface area is 78.0 Å². The van der Waals surface area contributed by atoms with E-state index in [0.717, 1.165) is 16.3 Å². The second kappa shape index (κ2) is 2.88. The van der Waals surface area contributed by atoms with Crippen LogP contribution in [0.3, 0.4) is 0 Å². The van der Waals surface area contributed by atoms with Crippen LogP contribution in [0.4, 0.5) is 0 Å². The summed E-state index contributed by atoms with van der Waals surface area (Å²) in [5.74, 6) is 0.836. The maximum Gasteiger partial charge on any atom is 0.207 e. The summed E-state index contributed by atoms with van der Waals surface area (Å²) in [4.78, 5) is 0. The summed E-state index contributed by atoms with van der Waals surface area (Å²) in [6, 6.07) is 1.85. The summed E-state index contributed by atoms with van der Waals surface area (Å²) in [6.45, 7) is 1.88. The Balaban J connectivity index is 2.50. The van der Waals surface area contributed by atoms with E-state index in [0.29, 0.717) is 4.47 Å². The van der Waals surface area contributed by atoms with Crippen LogP contribution in [-0.4, -0.2) is 10.2 Å². The normalized spacial score (nSPS) is 10.5. The molecule has 0 spiro atoms. The van der Waals surface area contributed by atoms with E-state index in [4.69, 9.17) is 16.0 Å². The molecule has 62 valence electrons. The van der Waals surface area contributed by atoms with E-state index in [1.54, 1.807) is 6.26 Å². The van der Waals surface area contributed by atoms with Gasteiger partial charge in [-0.2, -0.15) is 0 Å². The SMILES string of the molecule is Cc1occc1-c1nnc(Cl)s1. The summed E-state index contributed by atoms with van der Waals surface area (Å²) in [5.41, 5.74) is 0.958. The van der Waals surface area contributed by atoms with Crippen molar-refractivity contribution in [2.75, 3.05) is 0 Å². The summed E-state index contributed by atoms with van der Waals surface area (Å²) in [6.07, 6.45) is 1.62. The van der Waals surface area contributed by atoms with Crippen molar-refractivity contribution >= 4 is 22.9 Å². The highest BCUT2D eigenvalue weighted by atomic mass is 35.5. The molecule has 0 radical (unpaired) electrons. The van der Waals surface area contributed by atoms with Crippen LogP contribution in [0.2, 0.25) is 4.47 Å². The number of halogens is 1. The predicted molar refractivity (Wildman–Crippen MR) is 47.4 cm³/mol. The molecular weight excluding hydrogens is 196 g/mol. The smallest absolute Gasteiger partial charge is 0.207 e. The van der Waals surface area contributed by atoms with Crippen molar-refractivity contribution in [1.29, 1.82) is 0 Å². The molecule has 0 saturated heterocycles. The van der Waals surface area contributed by atoms with Gasteiger partial charge in [0.2, 0.25) is 4.47 Å². The second-order valence-electron chi connectivity index (χ2n) is 2.25. The zero-order valence-electron chi connectivity index (χ0n) is 6.24. The van der Waals surface area contributed by atoms with E-state index in [1.807, 2.05) is 13.0 Å².